The Morgan fingerprint density at radius 1 is 1.14 bits per heavy atom. The molecule has 0 heterocycles. The molecule has 2 rings (SSSR count). The van der Waals surface area contributed by atoms with Gasteiger partial charge in [-0.3, -0.25) is 4.79 Å². The summed E-state index contributed by atoms with van der Waals surface area (Å²) in [6, 6.07) is 13.1. The van der Waals surface area contributed by atoms with Crippen molar-refractivity contribution in [3.63, 3.8) is 0 Å². The Balaban J connectivity index is 2.11. The second-order valence-corrected chi connectivity index (χ2v) is 4.63. The van der Waals surface area contributed by atoms with Crippen LogP contribution >= 0.6 is 0 Å². The van der Waals surface area contributed by atoms with Crippen LogP contribution in [0.3, 0.4) is 0 Å². The van der Waals surface area contributed by atoms with Crippen molar-refractivity contribution >= 4 is 11.6 Å². The molecule has 0 aliphatic carbocycles. The van der Waals surface area contributed by atoms with Crippen molar-refractivity contribution in [3.05, 3.63) is 54.3 Å². The van der Waals surface area contributed by atoms with Gasteiger partial charge in [-0.2, -0.15) is 0 Å². The fourth-order valence-corrected chi connectivity index (χ4v) is 1.98. The van der Waals surface area contributed by atoms with Crippen LogP contribution in [0.5, 0.6) is 11.5 Å². The SMILES string of the molecule is CC[C@H](Oc1ccccc1F)C(=O)Nc1ccccc1OC. The van der Waals surface area contributed by atoms with Crippen LogP contribution in [0.1, 0.15) is 13.3 Å². The first-order valence-electron chi connectivity index (χ1n) is 7.00. The highest BCUT2D eigenvalue weighted by Crippen LogP contribution is 2.24. The summed E-state index contributed by atoms with van der Waals surface area (Å²) in [6.45, 7) is 1.80. The molecule has 1 N–H and O–H groups in total. The lowest BCUT2D eigenvalue weighted by Gasteiger charge is -2.18. The average Bonchev–Trinajstić information content (AvgIpc) is 2.54. The smallest absolute Gasteiger partial charge is 0.265 e. The third-order valence-electron chi connectivity index (χ3n) is 3.13. The highest BCUT2D eigenvalue weighted by atomic mass is 19.1. The molecule has 0 bridgehead atoms. The lowest BCUT2D eigenvalue weighted by atomic mass is 10.2. The fraction of sp³-hybridized carbons (Fsp3) is 0.235. The molecule has 116 valence electrons. The summed E-state index contributed by atoms with van der Waals surface area (Å²) >= 11 is 0. The summed E-state index contributed by atoms with van der Waals surface area (Å²) in [7, 11) is 1.53. The molecule has 0 fully saturated rings. The minimum absolute atomic E-state index is 0.0597. The number of nitrogens with one attached hydrogen (secondary N) is 1. The van der Waals surface area contributed by atoms with E-state index in [0.717, 1.165) is 0 Å². The van der Waals surface area contributed by atoms with Crippen LogP contribution in [0, 0.1) is 5.82 Å². The molecule has 0 radical (unpaired) electrons. The number of hydrogen-bond acceptors (Lipinski definition) is 3. The Labute approximate surface area is 128 Å². The number of halogens is 1. The van der Waals surface area contributed by atoms with Crippen LogP contribution in [-0.2, 0) is 4.79 Å². The van der Waals surface area contributed by atoms with Crippen LogP contribution in [0.2, 0.25) is 0 Å². The van der Waals surface area contributed by atoms with Gasteiger partial charge < -0.3 is 14.8 Å². The number of ether oxygens (including phenoxy) is 2. The highest BCUT2D eigenvalue weighted by Gasteiger charge is 2.20. The van der Waals surface area contributed by atoms with E-state index in [4.69, 9.17) is 9.47 Å². The summed E-state index contributed by atoms with van der Waals surface area (Å²) in [4.78, 5) is 12.3. The molecule has 0 saturated heterocycles. The molecule has 5 heteroatoms. The van der Waals surface area contributed by atoms with E-state index in [1.807, 2.05) is 6.07 Å². The number of anilines is 1. The van der Waals surface area contributed by atoms with Crippen molar-refractivity contribution in [1.29, 1.82) is 0 Å². The second-order valence-electron chi connectivity index (χ2n) is 4.63. The van der Waals surface area contributed by atoms with Crippen molar-refractivity contribution in [1.82, 2.24) is 0 Å². The van der Waals surface area contributed by atoms with Gasteiger partial charge in [0.2, 0.25) is 0 Å². The minimum Gasteiger partial charge on any atom is -0.495 e. The number of para-hydroxylation sites is 3. The molecule has 22 heavy (non-hydrogen) atoms. The van der Waals surface area contributed by atoms with Crippen molar-refractivity contribution in [3.8, 4) is 11.5 Å². The van der Waals surface area contributed by atoms with E-state index >= 15 is 0 Å². The van der Waals surface area contributed by atoms with E-state index < -0.39 is 11.9 Å². The summed E-state index contributed by atoms with van der Waals surface area (Å²) in [5, 5.41) is 2.74. The van der Waals surface area contributed by atoms with E-state index in [-0.39, 0.29) is 11.7 Å². The maximum absolute atomic E-state index is 13.6. The molecule has 0 aliphatic heterocycles. The quantitative estimate of drug-likeness (QED) is 0.886. The number of rotatable bonds is 6. The molecule has 0 aliphatic rings. The Kier molecular flexibility index (Phi) is 5.36. The number of carbonyl (C=O) groups is 1. The fourth-order valence-electron chi connectivity index (χ4n) is 1.98. The lowest BCUT2D eigenvalue weighted by molar-refractivity contribution is -0.122. The zero-order valence-corrected chi connectivity index (χ0v) is 12.5. The molecule has 4 nitrogen and oxygen atoms in total. The minimum atomic E-state index is -0.790. The van der Waals surface area contributed by atoms with Gasteiger partial charge in [-0.25, -0.2) is 4.39 Å². The molecule has 0 aromatic heterocycles. The standard InChI is InChI=1S/C17H18FNO3/c1-3-14(22-15-10-6-4-8-12(15)18)17(20)19-13-9-5-7-11-16(13)21-2/h4-11,14H,3H2,1-2H3,(H,19,20)/t14-/m0/s1. The Bertz CT molecular complexity index is 645. The van der Waals surface area contributed by atoms with E-state index in [0.29, 0.717) is 17.9 Å². The van der Waals surface area contributed by atoms with Crippen LogP contribution in [-0.4, -0.2) is 19.1 Å². The molecule has 0 spiro atoms. The van der Waals surface area contributed by atoms with E-state index in [9.17, 15) is 9.18 Å². The van der Waals surface area contributed by atoms with Gasteiger partial charge in [0.05, 0.1) is 12.8 Å². The highest BCUT2D eigenvalue weighted by molar-refractivity contribution is 5.95. The van der Waals surface area contributed by atoms with Gasteiger partial charge in [0.1, 0.15) is 5.75 Å². The van der Waals surface area contributed by atoms with Gasteiger partial charge in [-0.15, -0.1) is 0 Å². The zero-order chi connectivity index (χ0) is 15.9. The van der Waals surface area contributed by atoms with Gasteiger partial charge >= 0.3 is 0 Å². The first kappa shape index (κ1) is 15.8. The first-order chi connectivity index (χ1) is 10.7. The predicted molar refractivity (Wildman–Crippen MR) is 82.7 cm³/mol. The van der Waals surface area contributed by atoms with Crippen molar-refractivity contribution < 1.29 is 18.7 Å². The van der Waals surface area contributed by atoms with Crippen LogP contribution in [0.25, 0.3) is 0 Å². The molecular formula is C17H18FNO3. The molecule has 0 saturated carbocycles. The Hall–Kier alpha value is -2.56. The third kappa shape index (κ3) is 3.75. The molecule has 1 atom stereocenters. The number of hydrogen-bond donors (Lipinski definition) is 1. The van der Waals surface area contributed by atoms with Crippen LogP contribution in [0.15, 0.2) is 48.5 Å². The molecule has 0 unspecified atom stereocenters. The van der Waals surface area contributed by atoms with Crippen molar-refractivity contribution in [2.24, 2.45) is 0 Å². The normalized spacial score (nSPS) is 11.6. The van der Waals surface area contributed by atoms with E-state index in [1.165, 1.54) is 19.2 Å². The van der Waals surface area contributed by atoms with Crippen molar-refractivity contribution in [2.75, 3.05) is 12.4 Å². The van der Waals surface area contributed by atoms with Gasteiger partial charge in [-0.05, 0) is 30.7 Å². The maximum Gasteiger partial charge on any atom is 0.265 e. The summed E-state index contributed by atoms with van der Waals surface area (Å²) in [6.07, 6.45) is -0.378. The molecule has 2 aromatic carbocycles. The van der Waals surface area contributed by atoms with Gasteiger partial charge in [0.25, 0.3) is 5.91 Å². The maximum atomic E-state index is 13.6. The largest absolute Gasteiger partial charge is 0.495 e. The van der Waals surface area contributed by atoms with Gasteiger partial charge in [-0.1, -0.05) is 31.2 Å². The first-order valence-corrected chi connectivity index (χ1v) is 7.00. The Morgan fingerprint density at radius 3 is 2.41 bits per heavy atom. The lowest BCUT2D eigenvalue weighted by Crippen LogP contribution is -2.32. The molecule has 1 amide bonds. The van der Waals surface area contributed by atoms with Crippen LogP contribution < -0.4 is 14.8 Å². The number of carbonyl (C=O) groups excluding carboxylic acids is 1. The van der Waals surface area contributed by atoms with E-state index in [2.05, 4.69) is 5.32 Å². The zero-order valence-electron chi connectivity index (χ0n) is 12.5. The van der Waals surface area contributed by atoms with E-state index in [1.54, 1.807) is 37.3 Å². The van der Waals surface area contributed by atoms with Gasteiger partial charge in [0, 0.05) is 0 Å². The second kappa shape index (κ2) is 7.45. The number of methoxy groups -OCH3 is 1. The average molecular weight is 303 g/mol. The van der Waals surface area contributed by atoms with Crippen molar-refractivity contribution in [2.45, 2.75) is 19.4 Å². The number of amides is 1. The molecular weight excluding hydrogens is 285 g/mol. The van der Waals surface area contributed by atoms with Crippen LogP contribution in [0.4, 0.5) is 10.1 Å². The topological polar surface area (TPSA) is 47.6 Å². The predicted octanol–water partition coefficient (Wildman–Crippen LogP) is 3.63. The monoisotopic (exact) mass is 303 g/mol. The number of benzene rings is 2. The summed E-state index contributed by atoms with van der Waals surface area (Å²) < 4.78 is 24.3. The molecule has 2 aromatic rings. The van der Waals surface area contributed by atoms with Gasteiger partial charge in [0.15, 0.2) is 17.7 Å². The summed E-state index contributed by atoms with van der Waals surface area (Å²) in [5.41, 5.74) is 0.547. The third-order valence-corrected chi connectivity index (χ3v) is 3.13. The Morgan fingerprint density at radius 2 is 1.77 bits per heavy atom. The summed E-state index contributed by atoms with van der Waals surface area (Å²) in [5.74, 6) is -0.234.